The molecule has 1 amide bonds. The molecule has 0 unspecified atom stereocenters. The molecule has 2 aliphatic rings. The quantitative estimate of drug-likeness (QED) is 0.569. The molecule has 6 nitrogen and oxygen atoms in total. The molecule has 2 N–H and O–H groups in total. The monoisotopic (exact) mass is 337 g/mol. The standard InChI is InChI=1S/C18H35N5O/c1-4-11-23-12-9-16(10-13-23)21-18(19-14-17(24)22(2)3)20-15-7-5-6-8-15/h15-16H,4-14H2,1-3H3,(H2,19,20,21). The molecular formula is C18H35N5O. The predicted molar refractivity (Wildman–Crippen MR) is 99.3 cm³/mol. The number of likely N-dealkylation sites (N-methyl/N-ethyl adjacent to an activating group) is 1. The van der Waals surface area contributed by atoms with Gasteiger partial charge in [-0.05, 0) is 38.6 Å². The van der Waals surface area contributed by atoms with Gasteiger partial charge < -0.3 is 20.4 Å². The molecule has 0 aromatic carbocycles. The van der Waals surface area contributed by atoms with Crippen LogP contribution in [0.1, 0.15) is 51.9 Å². The molecule has 2 fully saturated rings. The minimum atomic E-state index is 0.0419. The van der Waals surface area contributed by atoms with E-state index in [9.17, 15) is 4.79 Å². The third-order valence-corrected chi connectivity index (χ3v) is 5.04. The van der Waals surface area contributed by atoms with Crippen LogP contribution in [0.25, 0.3) is 0 Å². The molecule has 1 aliphatic heterocycles. The van der Waals surface area contributed by atoms with Crippen molar-refractivity contribution >= 4 is 11.9 Å². The smallest absolute Gasteiger partial charge is 0.243 e. The number of piperidine rings is 1. The van der Waals surface area contributed by atoms with E-state index < -0.39 is 0 Å². The van der Waals surface area contributed by atoms with Crippen LogP contribution in [0.4, 0.5) is 0 Å². The first kappa shape index (κ1) is 19.0. The molecular weight excluding hydrogens is 302 g/mol. The number of guanidine groups is 1. The summed E-state index contributed by atoms with van der Waals surface area (Å²) in [6, 6.07) is 0.964. The number of amides is 1. The predicted octanol–water partition coefficient (Wildman–Crippen LogP) is 1.43. The molecule has 1 heterocycles. The summed E-state index contributed by atoms with van der Waals surface area (Å²) in [5.74, 6) is 0.867. The zero-order valence-electron chi connectivity index (χ0n) is 15.7. The normalized spacial score (nSPS) is 21.0. The second kappa shape index (κ2) is 9.87. The largest absolute Gasteiger partial charge is 0.354 e. The Kier molecular flexibility index (Phi) is 7.82. The first-order valence-corrected chi connectivity index (χ1v) is 9.58. The summed E-state index contributed by atoms with van der Waals surface area (Å²) in [4.78, 5) is 20.5. The summed E-state index contributed by atoms with van der Waals surface area (Å²) in [6.45, 7) is 5.95. The van der Waals surface area contributed by atoms with Gasteiger partial charge in [0.2, 0.25) is 5.91 Å². The van der Waals surface area contributed by atoms with E-state index in [-0.39, 0.29) is 12.5 Å². The van der Waals surface area contributed by atoms with Crippen molar-refractivity contribution in [2.24, 2.45) is 4.99 Å². The number of likely N-dealkylation sites (tertiary alicyclic amines) is 1. The van der Waals surface area contributed by atoms with Crippen LogP contribution < -0.4 is 10.6 Å². The topological polar surface area (TPSA) is 60.0 Å². The Balaban J connectivity index is 1.87. The second-order valence-electron chi connectivity index (χ2n) is 7.34. The summed E-state index contributed by atoms with van der Waals surface area (Å²) in [6.07, 6.45) is 8.50. The Morgan fingerprint density at radius 3 is 2.21 bits per heavy atom. The van der Waals surface area contributed by atoms with Crippen molar-refractivity contribution in [2.75, 3.05) is 40.3 Å². The van der Waals surface area contributed by atoms with E-state index in [0.29, 0.717) is 12.1 Å². The number of hydrogen-bond acceptors (Lipinski definition) is 3. The van der Waals surface area contributed by atoms with Gasteiger partial charge in [-0.3, -0.25) is 4.79 Å². The fraction of sp³-hybridized carbons (Fsp3) is 0.889. The van der Waals surface area contributed by atoms with Gasteiger partial charge in [0.15, 0.2) is 5.96 Å². The highest BCUT2D eigenvalue weighted by molar-refractivity contribution is 5.85. The highest BCUT2D eigenvalue weighted by Gasteiger charge is 2.22. The van der Waals surface area contributed by atoms with Crippen molar-refractivity contribution in [3.63, 3.8) is 0 Å². The van der Waals surface area contributed by atoms with Gasteiger partial charge in [-0.25, -0.2) is 4.99 Å². The number of carbonyl (C=O) groups is 1. The van der Waals surface area contributed by atoms with Gasteiger partial charge in [-0.2, -0.15) is 0 Å². The Bertz CT molecular complexity index is 410. The van der Waals surface area contributed by atoms with Crippen molar-refractivity contribution in [3.05, 3.63) is 0 Å². The Hall–Kier alpha value is -1.30. The summed E-state index contributed by atoms with van der Waals surface area (Å²) < 4.78 is 0. The van der Waals surface area contributed by atoms with E-state index in [0.717, 1.165) is 31.9 Å². The molecule has 2 rings (SSSR count). The number of nitrogens with one attached hydrogen (secondary N) is 2. The molecule has 0 spiro atoms. The maximum absolute atomic E-state index is 11.8. The Labute approximate surface area is 147 Å². The summed E-state index contributed by atoms with van der Waals surface area (Å²) >= 11 is 0. The van der Waals surface area contributed by atoms with Gasteiger partial charge in [0.25, 0.3) is 0 Å². The van der Waals surface area contributed by atoms with Crippen molar-refractivity contribution in [1.29, 1.82) is 0 Å². The van der Waals surface area contributed by atoms with E-state index >= 15 is 0 Å². The molecule has 1 saturated heterocycles. The van der Waals surface area contributed by atoms with Crippen LogP contribution in [0.2, 0.25) is 0 Å². The molecule has 0 aromatic heterocycles. The van der Waals surface area contributed by atoms with E-state index in [4.69, 9.17) is 0 Å². The van der Waals surface area contributed by atoms with Crippen LogP contribution >= 0.6 is 0 Å². The van der Waals surface area contributed by atoms with Gasteiger partial charge in [0.1, 0.15) is 6.54 Å². The van der Waals surface area contributed by atoms with Crippen LogP contribution in [0, 0.1) is 0 Å². The zero-order valence-corrected chi connectivity index (χ0v) is 15.7. The molecule has 1 aliphatic carbocycles. The fourth-order valence-corrected chi connectivity index (χ4v) is 3.50. The van der Waals surface area contributed by atoms with Crippen molar-refractivity contribution in [1.82, 2.24) is 20.4 Å². The lowest BCUT2D eigenvalue weighted by molar-refractivity contribution is -0.127. The number of carbonyl (C=O) groups excluding carboxylic acids is 1. The van der Waals surface area contributed by atoms with Crippen LogP contribution in [-0.4, -0.2) is 74.0 Å². The third-order valence-electron chi connectivity index (χ3n) is 5.04. The van der Waals surface area contributed by atoms with E-state index in [1.807, 2.05) is 0 Å². The minimum Gasteiger partial charge on any atom is -0.354 e. The molecule has 1 saturated carbocycles. The molecule has 0 bridgehead atoms. The Morgan fingerprint density at radius 1 is 1.08 bits per heavy atom. The maximum atomic E-state index is 11.8. The molecule has 0 atom stereocenters. The molecule has 0 radical (unpaired) electrons. The zero-order chi connectivity index (χ0) is 17.4. The highest BCUT2D eigenvalue weighted by Crippen LogP contribution is 2.17. The first-order chi connectivity index (χ1) is 11.6. The van der Waals surface area contributed by atoms with Gasteiger partial charge >= 0.3 is 0 Å². The summed E-state index contributed by atoms with van der Waals surface area (Å²) in [5, 5.41) is 7.13. The molecule has 24 heavy (non-hydrogen) atoms. The SMILES string of the molecule is CCCN1CCC(NC(=NCC(=O)N(C)C)NC2CCCC2)CC1. The van der Waals surface area contributed by atoms with Gasteiger partial charge in [0, 0.05) is 39.3 Å². The van der Waals surface area contributed by atoms with Gasteiger partial charge in [-0.15, -0.1) is 0 Å². The lowest BCUT2D eigenvalue weighted by Crippen LogP contribution is -2.50. The van der Waals surface area contributed by atoms with Crippen molar-refractivity contribution < 1.29 is 4.79 Å². The summed E-state index contributed by atoms with van der Waals surface area (Å²) in [7, 11) is 3.55. The lowest BCUT2D eigenvalue weighted by Gasteiger charge is -2.33. The first-order valence-electron chi connectivity index (χ1n) is 9.58. The van der Waals surface area contributed by atoms with Crippen LogP contribution in [-0.2, 0) is 4.79 Å². The Morgan fingerprint density at radius 2 is 1.67 bits per heavy atom. The highest BCUT2D eigenvalue weighted by atomic mass is 16.2. The molecule has 138 valence electrons. The van der Waals surface area contributed by atoms with E-state index in [1.165, 1.54) is 38.6 Å². The van der Waals surface area contributed by atoms with Crippen LogP contribution in [0.15, 0.2) is 4.99 Å². The number of aliphatic imine (C=N–C) groups is 1. The average molecular weight is 338 g/mol. The van der Waals surface area contributed by atoms with Crippen molar-refractivity contribution in [3.8, 4) is 0 Å². The van der Waals surface area contributed by atoms with E-state index in [1.54, 1.807) is 19.0 Å². The van der Waals surface area contributed by atoms with Crippen LogP contribution in [0.5, 0.6) is 0 Å². The molecule has 6 heteroatoms. The minimum absolute atomic E-state index is 0.0419. The number of hydrogen-bond donors (Lipinski definition) is 2. The van der Waals surface area contributed by atoms with Gasteiger partial charge in [0.05, 0.1) is 0 Å². The van der Waals surface area contributed by atoms with Gasteiger partial charge in [-0.1, -0.05) is 19.8 Å². The van der Waals surface area contributed by atoms with Crippen molar-refractivity contribution in [2.45, 2.75) is 64.0 Å². The fourth-order valence-electron chi connectivity index (χ4n) is 3.50. The molecule has 0 aromatic rings. The lowest BCUT2D eigenvalue weighted by atomic mass is 10.1. The van der Waals surface area contributed by atoms with E-state index in [2.05, 4.69) is 27.4 Å². The maximum Gasteiger partial charge on any atom is 0.243 e. The second-order valence-corrected chi connectivity index (χ2v) is 7.34. The van der Waals surface area contributed by atoms with Crippen LogP contribution in [0.3, 0.4) is 0 Å². The number of rotatable bonds is 6. The average Bonchev–Trinajstić information content (AvgIpc) is 3.07. The number of nitrogens with zero attached hydrogens (tertiary/aromatic N) is 3. The summed E-state index contributed by atoms with van der Waals surface area (Å²) in [5.41, 5.74) is 0. The third kappa shape index (κ3) is 6.30.